The van der Waals surface area contributed by atoms with Gasteiger partial charge in [-0.15, -0.1) is 0 Å². The molecule has 0 fully saturated rings. The second-order valence-electron chi connectivity index (χ2n) is 4.32. The van der Waals surface area contributed by atoms with E-state index in [9.17, 15) is 0 Å². The number of pyridine rings is 1. The SMILES string of the molecule is N#Cc1cnc(N)c(OCCc2c(Cl)ccc(C#N)c2Cl)c1. The van der Waals surface area contributed by atoms with Crippen molar-refractivity contribution in [1.29, 1.82) is 10.5 Å². The van der Waals surface area contributed by atoms with Gasteiger partial charge in [-0.2, -0.15) is 10.5 Å². The molecule has 0 aliphatic carbocycles. The van der Waals surface area contributed by atoms with Gasteiger partial charge in [0.05, 0.1) is 22.8 Å². The molecule has 7 heteroatoms. The van der Waals surface area contributed by atoms with Crippen molar-refractivity contribution in [3.63, 3.8) is 0 Å². The van der Waals surface area contributed by atoms with Crippen LogP contribution in [0.5, 0.6) is 5.75 Å². The van der Waals surface area contributed by atoms with Gasteiger partial charge in [-0.3, -0.25) is 0 Å². The van der Waals surface area contributed by atoms with Crippen molar-refractivity contribution in [3.05, 3.63) is 51.1 Å². The van der Waals surface area contributed by atoms with E-state index >= 15 is 0 Å². The first-order chi connectivity index (χ1) is 10.6. The number of aromatic nitrogens is 1. The monoisotopic (exact) mass is 332 g/mol. The molecular weight excluding hydrogens is 323 g/mol. The maximum Gasteiger partial charge on any atom is 0.166 e. The fourth-order valence-electron chi connectivity index (χ4n) is 1.81. The van der Waals surface area contributed by atoms with Crippen LogP contribution in [-0.2, 0) is 6.42 Å². The maximum atomic E-state index is 8.97. The minimum atomic E-state index is 0.196. The number of rotatable bonds is 4. The van der Waals surface area contributed by atoms with E-state index in [0.29, 0.717) is 38.9 Å². The topological polar surface area (TPSA) is 95.7 Å². The molecule has 0 aliphatic heterocycles. The van der Waals surface area contributed by atoms with E-state index in [4.69, 9.17) is 44.2 Å². The summed E-state index contributed by atoms with van der Waals surface area (Å²) in [5, 5.41) is 18.6. The fraction of sp³-hybridized carbons (Fsp3) is 0.133. The van der Waals surface area contributed by atoms with E-state index < -0.39 is 0 Å². The number of nitrogen functional groups attached to an aromatic ring is 1. The number of nitrogens with two attached hydrogens (primary N) is 1. The van der Waals surface area contributed by atoms with Crippen LogP contribution in [0.15, 0.2) is 24.4 Å². The number of hydrogen-bond donors (Lipinski definition) is 1. The fourth-order valence-corrected chi connectivity index (χ4v) is 2.41. The molecular formula is C15H10Cl2N4O. The molecule has 110 valence electrons. The molecule has 1 heterocycles. The van der Waals surface area contributed by atoms with Gasteiger partial charge >= 0.3 is 0 Å². The Bertz CT molecular complexity index is 793. The molecule has 2 N–H and O–H groups in total. The number of anilines is 1. The van der Waals surface area contributed by atoms with Gasteiger partial charge in [0.25, 0.3) is 0 Å². The predicted octanol–water partition coefficient (Wildman–Crippen LogP) is 3.34. The van der Waals surface area contributed by atoms with Gasteiger partial charge in [0.2, 0.25) is 0 Å². The molecule has 0 amide bonds. The molecule has 0 atom stereocenters. The molecule has 22 heavy (non-hydrogen) atoms. The Kier molecular flexibility index (Phi) is 5.06. The quantitative estimate of drug-likeness (QED) is 0.926. The summed E-state index contributed by atoms with van der Waals surface area (Å²) in [4.78, 5) is 3.87. The first kappa shape index (κ1) is 15.9. The maximum absolute atomic E-state index is 8.97. The summed E-state index contributed by atoms with van der Waals surface area (Å²) in [5.41, 5.74) is 7.03. The lowest BCUT2D eigenvalue weighted by molar-refractivity contribution is 0.322. The average molecular weight is 333 g/mol. The smallest absolute Gasteiger partial charge is 0.166 e. The number of benzene rings is 1. The Labute approximate surface area is 137 Å². The Balaban J connectivity index is 2.13. The molecule has 0 saturated carbocycles. The third-order valence-corrected chi connectivity index (χ3v) is 3.71. The van der Waals surface area contributed by atoms with Gasteiger partial charge in [0.15, 0.2) is 11.6 Å². The summed E-state index contributed by atoms with van der Waals surface area (Å²) < 4.78 is 5.53. The molecule has 0 radical (unpaired) electrons. The second kappa shape index (κ2) is 7.00. The number of hydrogen-bond acceptors (Lipinski definition) is 5. The number of halogens is 2. The molecule has 1 aromatic carbocycles. The molecule has 2 aromatic rings. The number of nitrogens with zero attached hydrogens (tertiary/aromatic N) is 3. The van der Waals surface area contributed by atoms with Crippen LogP contribution in [-0.4, -0.2) is 11.6 Å². The lowest BCUT2D eigenvalue weighted by Gasteiger charge is -2.11. The molecule has 0 spiro atoms. The van der Waals surface area contributed by atoms with Crippen LogP contribution >= 0.6 is 23.2 Å². The van der Waals surface area contributed by atoms with Crippen LogP contribution in [0.3, 0.4) is 0 Å². The normalized spacial score (nSPS) is 9.82. The largest absolute Gasteiger partial charge is 0.489 e. The molecule has 5 nitrogen and oxygen atoms in total. The highest BCUT2D eigenvalue weighted by atomic mass is 35.5. The van der Waals surface area contributed by atoms with Crippen LogP contribution in [0, 0.1) is 22.7 Å². The molecule has 0 aliphatic rings. The highest BCUT2D eigenvalue weighted by Gasteiger charge is 2.11. The summed E-state index contributed by atoms with van der Waals surface area (Å²) in [6.07, 6.45) is 1.76. The Hall–Kier alpha value is -2.47. The highest BCUT2D eigenvalue weighted by molar-refractivity contribution is 6.36. The lowest BCUT2D eigenvalue weighted by atomic mass is 10.1. The van der Waals surface area contributed by atoms with Crippen LogP contribution in [0.2, 0.25) is 10.0 Å². The Morgan fingerprint density at radius 2 is 2.00 bits per heavy atom. The molecule has 2 rings (SSSR count). The second-order valence-corrected chi connectivity index (χ2v) is 5.10. The first-order valence-electron chi connectivity index (χ1n) is 6.22. The van der Waals surface area contributed by atoms with Crippen molar-refractivity contribution in [2.45, 2.75) is 6.42 Å². The van der Waals surface area contributed by atoms with Gasteiger partial charge in [-0.1, -0.05) is 23.2 Å². The summed E-state index contributed by atoms with van der Waals surface area (Å²) in [5.74, 6) is 0.518. The minimum absolute atomic E-state index is 0.196. The average Bonchev–Trinajstić information content (AvgIpc) is 2.52. The molecule has 0 bridgehead atoms. The van der Waals surface area contributed by atoms with Crippen molar-refractivity contribution in [1.82, 2.24) is 4.98 Å². The van der Waals surface area contributed by atoms with E-state index in [1.807, 2.05) is 12.1 Å². The van der Waals surface area contributed by atoms with Crippen LogP contribution < -0.4 is 10.5 Å². The van der Waals surface area contributed by atoms with E-state index in [2.05, 4.69) is 4.98 Å². The Morgan fingerprint density at radius 1 is 1.23 bits per heavy atom. The molecule has 1 aromatic heterocycles. The van der Waals surface area contributed by atoms with E-state index in [-0.39, 0.29) is 12.4 Å². The van der Waals surface area contributed by atoms with E-state index in [1.165, 1.54) is 12.3 Å². The van der Waals surface area contributed by atoms with Crippen LogP contribution in [0.1, 0.15) is 16.7 Å². The molecule has 0 unspecified atom stereocenters. The first-order valence-corrected chi connectivity index (χ1v) is 6.97. The predicted molar refractivity (Wildman–Crippen MR) is 83.7 cm³/mol. The van der Waals surface area contributed by atoms with Crippen molar-refractivity contribution >= 4 is 29.0 Å². The van der Waals surface area contributed by atoms with E-state index in [1.54, 1.807) is 12.1 Å². The third-order valence-electron chi connectivity index (χ3n) is 2.93. The Morgan fingerprint density at radius 3 is 2.68 bits per heavy atom. The van der Waals surface area contributed by atoms with Gasteiger partial charge in [-0.05, 0) is 17.7 Å². The van der Waals surface area contributed by atoms with Crippen molar-refractivity contribution in [3.8, 4) is 17.9 Å². The van der Waals surface area contributed by atoms with Gasteiger partial charge < -0.3 is 10.5 Å². The minimum Gasteiger partial charge on any atom is -0.489 e. The van der Waals surface area contributed by atoms with Gasteiger partial charge in [0.1, 0.15) is 12.1 Å². The standard InChI is InChI=1S/C15H10Cl2N4O/c16-12-2-1-10(7-19)14(17)11(12)3-4-22-13-5-9(6-18)8-21-15(13)20/h1-2,5,8H,3-4H2,(H2,20,21). The lowest BCUT2D eigenvalue weighted by Crippen LogP contribution is -2.06. The zero-order valence-corrected chi connectivity index (χ0v) is 12.8. The number of ether oxygens (including phenoxy) is 1. The van der Waals surface area contributed by atoms with Crippen LogP contribution in [0.4, 0.5) is 5.82 Å². The van der Waals surface area contributed by atoms with Crippen LogP contribution in [0.25, 0.3) is 0 Å². The van der Waals surface area contributed by atoms with Crippen molar-refractivity contribution in [2.24, 2.45) is 0 Å². The summed E-state index contributed by atoms with van der Waals surface area (Å²) in [6, 6.07) is 8.65. The molecule has 0 saturated heterocycles. The highest BCUT2D eigenvalue weighted by Crippen LogP contribution is 2.28. The summed E-state index contributed by atoms with van der Waals surface area (Å²) in [6.45, 7) is 0.231. The number of nitriles is 2. The van der Waals surface area contributed by atoms with Gasteiger partial charge in [0, 0.05) is 23.7 Å². The summed E-state index contributed by atoms with van der Waals surface area (Å²) >= 11 is 12.2. The van der Waals surface area contributed by atoms with Crippen molar-refractivity contribution < 1.29 is 4.74 Å². The zero-order valence-electron chi connectivity index (χ0n) is 11.3. The zero-order chi connectivity index (χ0) is 16.1. The van der Waals surface area contributed by atoms with Gasteiger partial charge in [-0.25, -0.2) is 4.98 Å². The van der Waals surface area contributed by atoms with E-state index in [0.717, 1.165) is 0 Å². The third kappa shape index (κ3) is 3.40. The van der Waals surface area contributed by atoms with Crippen molar-refractivity contribution in [2.75, 3.05) is 12.3 Å². The summed E-state index contributed by atoms with van der Waals surface area (Å²) in [7, 11) is 0.